The molecule has 0 radical (unpaired) electrons. The molecule has 7 nitrogen and oxygen atoms in total. The van der Waals surface area contributed by atoms with Gasteiger partial charge < -0.3 is 8.83 Å². The zero-order chi connectivity index (χ0) is 41.5. The predicted octanol–water partition coefficient (Wildman–Crippen LogP) is 13.5. The standard InChI is InChI=1S/C55H36N4O3/c1-58-48-22-19-37(31-49(48)59(2)55(58)60)34-13-10-14-38(25-34)46-32-47(57-54(56-46)33-11-4-3-5-12-33)41-27-39(35-20-23-52-44(29-35)42-15-6-8-17-50(42)61-52)26-40(28-41)36-21-24-53-45(30-36)43-16-7-9-18-51(43)62-53/h3-32H,1-2H3. The molecule has 0 atom stereocenters. The van der Waals surface area contributed by atoms with Crippen LogP contribution in [-0.4, -0.2) is 19.1 Å². The number of benzene rings is 8. The largest absolute Gasteiger partial charge is 0.456 e. The van der Waals surface area contributed by atoms with E-state index in [9.17, 15) is 4.79 Å². The Kier molecular flexibility index (Phi) is 7.99. The van der Waals surface area contributed by atoms with Crippen molar-refractivity contribution in [1.82, 2.24) is 19.1 Å². The molecule has 0 aliphatic heterocycles. The number of aryl methyl sites for hydroxylation is 2. The molecular weight excluding hydrogens is 765 g/mol. The highest BCUT2D eigenvalue weighted by atomic mass is 16.3. The smallest absolute Gasteiger partial charge is 0.328 e. The highest BCUT2D eigenvalue weighted by molar-refractivity contribution is 6.08. The van der Waals surface area contributed by atoms with E-state index in [2.05, 4.69) is 133 Å². The fourth-order valence-corrected chi connectivity index (χ4v) is 8.92. The summed E-state index contributed by atoms with van der Waals surface area (Å²) in [6.07, 6.45) is 0. The minimum absolute atomic E-state index is 0.0499. The van der Waals surface area contributed by atoms with Crippen LogP contribution in [-0.2, 0) is 14.1 Å². The van der Waals surface area contributed by atoms with E-state index in [0.717, 1.165) is 116 Å². The Morgan fingerprint density at radius 3 is 1.48 bits per heavy atom. The van der Waals surface area contributed by atoms with Gasteiger partial charge in [-0.2, -0.15) is 0 Å². The van der Waals surface area contributed by atoms with Gasteiger partial charge in [-0.1, -0.05) is 103 Å². The number of rotatable bonds is 6. The molecule has 0 spiro atoms. The number of hydrogen-bond donors (Lipinski definition) is 0. The van der Waals surface area contributed by atoms with Gasteiger partial charge in [-0.25, -0.2) is 14.8 Å². The maximum absolute atomic E-state index is 12.8. The normalized spacial score (nSPS) is 11.8. The van der Waals surface area contributed by atoms with Crippen molar-refractivity contribution in [2.24, 2.45) is 14.1 Å². The van der Waals surface area contributed by atoms with Crippen LogP contribution in [0.25, 0.3) is 122 Å². The third-order valence-corrected chi connectivity index (χ3v) is 12.2. The van der Waals surface area contributed by atoms with Crippen molar-refractivity contribution >= 4 is 54.9 Å². The minimum Gasteiger partial charge on any atom is -0.456 e. The second kappa shape index (κ2) is 13.9. The molecule has 12 rings (SSSR count). The third kappa shape index (κ3) is 5.85. The van der Waals surface area contributed by atoms with E-state index in [0.29, 0.717) is 5.82 Å². The summed E-state index contributed by atoms with van der Waals surface area (Å²) in [5, 5.41) is 4.31. The monoisotopic (exact) mass is 800 g/mol. The van der Waals surface area contributed by atoms with E-state index >= 15 is 0 Å². The highest BCUT2D eigenvalue weighted by Gasteiger charge is 2.17. The van der Waals surface area contributed by atoms with Gasteiger partial charge in [0.15, 0.2) is 5.82 Å². The number of aromatic nitrogens is 4. The topological polar surface area (TPSA) is 79.0 Å². The molecule has 0 amide bonds. The van der Waals surface area contributed by atoms with Gasteiger partial charge in [0.25, 0.3) is 0 Å². The molecule has 0 bridgehead atoms. The lowest BCUT2D eigenvalue weighted by Gasteiger charge is -2.14. The van der Waals surface area contributed by atoms with Crippen molar-refractivity contribution in [3.05, 3.63) is 192 Å². The van der Waals surface area contributed by atoms with Crippen LogP contribution in [0.2, 0.25) is 0 Å². The van der Waals surface area contributed by atoms with Gasteiger partial charge in [0.2, 0.25) is 0 Å². The summed E-state index contributed by atoms with van der Waals surface area (Å²) < 4.78 is 15.8. The first-order valence-electron chi connectivity index (χ1n) is 20.6. The van der Waals surface area contributed by atoms with Crippen molar-refractivity contribution < 1.29 is 8.83 Å². The minimum atomic E-state index is -0.0499. The van der Waals surface area contributed by atoms with E-state index in [1.807, 2.05) is 55.6 Å². The fourth-order valence-electron chi connectivity index (χ4n) is 8.92. The van der Waals surface area contributed by atoms with E-state index in [4.69, 9.17) is 18.8 Å². The van der Waals surface area contributed by atoms with Crippen LogP contribution >= 0.6 is 0 Å². The first kappa shape index (κ1) is 35.6. The fraction of sp³-hybridized carbons (Fsp3) is 0.0364. The van der Waals surface area contributed by atoms with Crippen LogP contribution < -0.4 is 5.69 Å². The van der Waals surface area contributed by atoms with E-state index in [1.54, 1.807) is 16.2 Å². The first-order valence-corrected chi connectivity index (χ1v) is 20.6. The zero-order valence-corrected chi connectivity index (χ0v) is 33.8. The number of para-hydroxylation sites is 2. The summed E-state index contributed by atoms with van der Waals surface area (Å²) >= 11 is 0. The maximum Gasteiger partial charge on any atom is 0.328 e. The maximum atomic E-state index is 12.8. The van der Waals surface area contributed by atoms with Crippen LogP contribution in [0, 0.1) is 0 Å². The molecule has 0 N–H and O–H groups in total. The van der Waals surface area contributed by atoms with Gasteiger partial charge in [-0.3, -0.25) is 9.13 Å². The molecule has 8 aromatic carbocycles. The Hall–Kier alpha value is -8.29. The quantitative estimate of drug-likeness (QED) is 0.167. The van der Waals surface area contributed by atoms with Gasteiger partial charge in [-0.15, -0.1) is 0 Å². The highest BCUT2D eigenvalue weighted by Crippen LogP contribution is 2.39. The van der Waals surface area contributed by atoms with Crippen LogP contribution in [0.15, 0.2) is 196 Å². The van der Waals surface area contributed by atoms with Crippen molar-refractivity contribution in [3.63, 3.8) is 0 Å². The van der Waals surface area contributed by atoms with Gasteiger partial charge in [0, 0.05) is 52.3 Å². The second-order valence-electron chi connectivity index (χ2n) is 15.9. The summed E-state index contributed by atoms with van der Waals surface area (Å²) in [6.45, 7) is 0. The van der Waals surface area contributed by atoms with Gasteiger partial charge in [0.1, 0.15) is 22.3 Å². The molecule has 0 saturated heterocycles. The number of nitrogens with zero attached hydrogens (tertiary/aromatic N) is 4. The van der Waals surface area contributed by atoms with Crippen LogP contribution in [0.5, 0.6) is 0 Å². The van der Waals surface area contributed by atoms with Crippen molar-refractivity contribution in [2.45, 2.75) is 0 Å². The lowest BCUT2D eigenvalue weighted by Crippen LogP contribution is -2.19. The van der Waals surface area contributed by atoms with Gasteiger partial charge >= 0.3 is 5.69 Å². The summed E-state index contributed by atoms with van der Waals surface area (Å²) in [6, 6.07) is 62.8. The molecule has 0 saturated carbocycles. The Morgan fingerprint density at radius 2 is 0.823 bits per heavy atom. The summed E-state index contributed by atoms with van der Waals surface area (Å²) in [5.41, 5.74) is 15.9. The van der Waals surface area contributed by atoms with E-state index in [1.165, 1.54) is 0 Å². The summed E-state index contributed by atoms with van der Waals surface area (Å²) in [7, 11) is 3.62. The molecule has 0 aliphatic rings. The zero-order valence-electron chi connectivity index (χ0n) is 33.8. The number of imidazole rings is 1. The molecule has 0 aliphatic carbocycles. The van der Waals surface area contributed by atoms with Crippen molar-refractivity contribution in [3.8, 4) is 67.3 Å². The third-order valence-electron chi connectivity index (χ3n) is 12.2. The number of furan rings is 2. The van der Waals surface area contributed by atoms with Crippen LogP contribution in [0.1, 0.15) is 0 Å². The first-order chi connectivity index (χ1) is 30.4. The van der Waals surface area contributed by atoms with Gasteiger partial charge in [0.05, 0.1) is 22.4 Å². The molecule has 62 heavy (non-hydrogen) atoms. The molecule has 12 aromatic rings. The molecule has 294 valence electrons. The lowest BCUT2D eigenvalue weighted by molar-refractivity contribution is 0.668. The summed E-state index contributed by atoms with van der Waals surface area (Å²) in [4.78, 5) is 23.3. The predicted molar refractivity (Wildman–Crippen MR) is 251 cm³/mol. The Bertz CT molecular complexity index is 3680. The molecule has 4 heterocycles. The summed E-state index contributed by atoms with van der Waals surface area (Å²) in [5.74, 6) is 0.633. The molecule has 0 fully saturated rings. The van der Waals surface area contributed by atoms with Crippen LogP contribution in [0.4, 0.5) is 0 Å². The number of hydrogen-bond acceptors (Lipinski definition) is 5. The Balaban J connectivity index is 1.06. The van der Waals surface area contributed by atoms with Gasteiger partial charge in [-0.05, 0) is 112 Å². The second-order valence-corrected chi connectivity index (χ2v) is 15.9. The van der Waals surface area contributed by atoms with Crippen molar-refractivity contribution in [2.75, 3.05) is 0 Å². The van der Waals surface area contributed by atoms with Crippen LogP contribution in [0.3, 0.4) is 0 Å². The molecule has 7 heteroatoms. The molecule has 4 aromatic heterocycles. The van der Waals surface area contributed by atoms with E-state index in [-0.39, 0.29) is 5.69 Å². The molecule has 0 unspecified atom stereocenters. The number of fused-ring (bicyclic) bond motifs is 7. The average Bonchev–Trinajstić information content (AvgIpc) is 3.97. The molecular formula is C55H36N4O3. The Labute approximate surface area is 355 Å². The average molecular weight is 801 g/mol. The Morgan fingerprint density at radius 1 is 0.355 bits per heavy atom. The van der Waals surface area contributed by atoms with E-state index < -0.39 is 0 Å². The lowest BCUT2D eigenvalue weighted by atomic mass is 9.93. The SMILES string of the molecule is Cn1c(=O)n(C)c2cc(-c3cccc(-c4cc(-c5cc(-c6ccc7oc8ccccc8c7c6)cc(-c6ccc7oc8ccccc8c7c6)c5)nc(-c5ccccc5)n4)c3)ccc21. The van der Waals surface area contributed by atoms with Crippen molar-refractivity contribution in [1.29, 1.82) is 0 Å².